The number of hydrogen-bond acceptors (Lipinski definition) is 4. The van der Waals surface area contributed by atoms with Crippen molar-refractivity contribution >= 4 is 34.5 Å². The summed E-state index contributed by atoms with van der Waals surface area (Å²) in [5, 5.41) is 3.35. The third-order valence-corrected chi connectivity index (χ3v) is 4.87. The number of thioether (sulfide) groups is 1. The van der Waals surface area contributed by atoms with E-state index in [1.165, 1.54) is 17.3 Å². The maximum Gasteiger partial charge on any atom is 0.257 e. The molecule has 1 atom stereocenters. The number of benzene rings is 2. The minimum atomic E-state index is -0.194. The molecule has 0 saturated carbocycles. The molecule has 1 N–H and O–H groups in total. The summed E-state index contributed by atoms with van der Waals surface area (Å²) in [4.78, 5) is 16.8. The number of aryl methyl sites for hydroxylation is 1. The number of oxazole rings is 1. The molecule has 0 radical (unpaired) electrons. The number of nitrogens with one attached hydrogen (secondary N) is 1. The zero-order chi connectivity index (χ0) is 14.9. The predicted octanol–water partition coefficient (Wildman–Crippen LogP) is 3.87. The van der Waals surface area contributed by atoms with Crippen molar-refractivity contribution < 1.29 is 9.21 Å². The van der Waals surface area contributed by atoms with Crippen molar-refractivity contribution in [1.29, 1.82) is 0 Å². The smallest absolute Gasteiger partial charge is 0.257 e. The Hall–Kier alpha value is -2.27. The number of carbonyl (C=O) groups is 1. The summed E-state index contributed by atoms with van der Waals surface area (Å²) in [5.74, 6) is 0.0113. The highest BCUT2D eigenvalue weighted by Crippen LogP contribution is 2.32. The Morgan fingerprint density at radius 1 is 1.14 bits per heavy atom. The van der Waals surface area contributed by atoms with Crippen LogP contribution in [0.3, 0.4) is 0 Å². The normalized spacial score (nSPS) is 17.8. The number of fused-ring (bicyclic) bond motifs is 2. The van der Waals surface area contributed by atoms with Crippen molar-refractivity contribution in [1.82, 2.24) is 4.98 Å². The van der Waals surface area contributed by atoms with Crippen molar-refractivity contribution in [3.63, 3.8) is 0 Å². The molecule has 5 heteroatoms. The van der Waals surface area contributed by atoms with Gasteiger partial charge in [0.1, 0.15) is 5.52 Å². The molecule has 0 saturated heterocycles. The topological polar surface area (TPSA) is 55.1 Å². The second kappa shape index (κ2) is 5.50. The summed E-state index contributed by atoms with van der Waals surface area (Å²) in [5.41, 5.74) is 3.66. The van der Waals surface area contributed by atoms with Crippen LogP contribution in [0.25, 0.3) is 11.1 Å². The Kier molecular flexibility index (Phi) is 3.35. The number of para-hydroxylation sites is 3. The van der Waals surface area contributed by atoms with Gasteiger partial charge in [0.25, 0.3) is 5.22 Å². The van der Waals surface area contributed by atoms with Gasteiger partial charge in [-0.1, -0.05) is 42.1 Å². The molecule has 22 heavy (non-hydrogen) atoms. The van der Waals surface area contributed by atoms with Gasteiger partial charge in [0.15, 0.2) is 5.58 Å². The number of anilines is 1. The van der Waals surface area contributed by atoms with E-state index in [2.05, 4.69) is 16.4 Å². The van der Waals surface area contributed by atoms with Crippen LogP contribution in [0, 0.1) is 0 Å². The molecule has 0 aliphatic carbocycles. The largest absolute Gasteiger partial charge is 0.431 e. The van der Waals surface area contributed by atoms with Gasteiger partial charge < -0.3 is 9.73 Å². The first kappa shape index (κ1) is 13.4. The van der Waals surface area contributed by atoms with Crippen LogP contribution in [0.4, 0.5) is 5.69 Å². The lowest BCUT2D eigenvalue weighted by Crippen LogP contribution is -2.23. The first-order chi connectivity index (χ1) is 10.8. The number of hydrogen-bond donors (Lipinski definition) is 1. The van der Waals surface area contributed by atoms with Gasteiger partial charge in [0, 0.05) is 5.69 Å². The molecule has 2 aromatic carbocycles. The van der Waals surface area contributed by atoms with Gasteiger partial charge in [-0.05, 0) is 36.6 Å². The fraction of sp³-hybridized carbons (Fsp3) is 0.176. The number of rotatable bonds is 2. The summed E-state index contributed by atoms with van der Waals surface area (Å²) >= 11 is 1.39. The average Bonchev–Trinajstić information content (AvgIpc) is 2.87. The van der Waals surface area contributed by atoms with E-state index >= 15 is 0 Å². The lowest BCUT2D eigenvalue weighted by atomic mass is 10.1. The fourth-order valence-electron chi connectivity index (χ4n) is 2.63. The van der Waals surface area contributed by atoms with E-state index in [0.29, 0.717) is 5.22 Å². The van der Waals surface area contributed by atoms with E-state index in [1.54, 1.807) is 0 Å². The third-order valence-electron chi connectivity index (χ3n) is 3.76. The minimum Gasteiger partial charge on any atom is -0.431 e. The Bertz CT molecular complexity index is 810. The van der Waals surface area contributed by atoms with Crippen LogP contribution in [0.1, 0.15) is 12.0 Å². The van der Waals surface area contributed by atoms with E-state index in [9.17, 15) is 4.79 Å². The fourth-order valence-corrected chi connectivity index (χ4v) is 3.56. The molecule has 4 rings (SSSR count). The van der Waals surface area contributed by atoms with Crippen LogP contribution < -0.4 is 5.32 Å². The van der Waals surface area contributed by atoms with Crippen LogP contribution >= 0.6 is 11.8 Å². The van der Waals surface area contributed by atoms with Gasteiger partial charge in [-0.2, -0.15) is 0 Å². The molecular weight excluding hydrogens is 296 g/mol. The lowest BCUT2D eigenvalue weighted by molar-refractivity contribution is -0.115. The maximum atomic E-state index is 12.4. The molecule has 1 amide bonds. The zero-order valence-corrected chi connectivity index (χ0v) is 12.6. The second-order valence-electron chi connectivity index (χ2n) is 5.24. The van der Waals surface area contributed by atoms with E-state index in [0.717, 1.165) is 29.6 Å². The Morgan fingerprint density at radius 2 is 1.95 bits per heavy atom. The van der Waals surface area contributed by atoms with E-state index < -0.39 is 0 Å². The number of carbonyl (C=O) groups excluding carboxylic acids is 1. The molecule has 0 bridgehead atoms. The summed E-state index contributed by atoms with van der Waals surface area (Å²) in [7, 11) is 0. The minimum absolute atomic E-state index is 0.0113. The molecule has 2 heterocycles. The molecule has 1 aliphatic rings. The first-order valence-corrected chi connectivity index (χ1v) is 8.08. The first-order valence-electron chi connectivity index (χ1n) is 7.20. The van der Waals surface area contributed by atoms with Crippen molar-refractivity contribution in [3.05, 3.63) is 54.1 Å². The molecular formula is C17H14N2O2S. The van der Waals surface area contributed by atoms with E-state index in [1.807, 2.05) is 42.5 Å². The Morgan fingerprint density at radius 3 is 2.86 bits per heavy atom. The number of amides is 1. The number of nitrogens with zero attached hydrogens (tertiary/aromatic N) is 1. The highest BCUT2D eigenvalue weighted by Gasteiger charge is 2.26. The molecule has 3 aromatic rings. The second-order valence-corrected chi connectivity index (χ2v) is 6.39. The van der Waals surface area contributed by atoms with Crippen LogP contribution in [-0.2, 0) is 11.2 Å². The molecule has 1 aromatic heterocycles. The molecule has 110 valence electrons. The molecule has 4 nitrogen and oxygen atoms in total. The van der Waals surface area contributed by atoms with Gasteiger partial charge in [0.05, 0.1) is 5.25 Å². The summed E-state index contributed by atoms with van der Waals surface area (Å²) in [6.45, 7) is 0. The van der Waals surface area contributed by atoms with Gasteiger partial charge in [-0.3, -0.25) is 4.79 Å². The summed E-state index contributed by atoms with van der Waals surface area (Å²) in [6.07, 6.45) is 1.64. The standard InChI is InChI=1S/C17H14N2O2S/c20-16-15(10-9-11-5-1-2-6-12(11)18-16)22-17-19-13-7-3-4-8-14(13)21-17/h1-8,15H,9-10H2,(H,18,20)/t15-/m0/s1. The Balaban J connectivity index is 1.57. The highest BCUT2D eigenvalue weighted by atomic mass is 32.2. The van der Waals surface area contributed by atoms with Crippen molar-refractivity contribution in [2.24, 2.45) is 0 Å². The quantitative estimate of drug-likeness (QED) is 0.780. The van der Waals surface area contributed by atoms with Crippen LogP contribution in [-0.4, -0.2) is 16.1 Å². The molecule has 0 fully saturated rings. The maximum absolute atomic E-state index is 12.4. The predicted molar refractivity (Wildman–Crippen MR) is 87.0 cm³/mol. The van der Waals surface area contributed by atoms with Crippen molar-refractivity contribution in [2.45, 2.75) is 23.3 Å². The van der Waals surface area contributed by atoms with Crippen LogP contribution in [0.2, 0.25) is 0 Å². The van der Waals surface area contributed by atoms with Gasteiger partial charge in [0.2, 0.25) is 5.91 Å². The average molecular weight is 310 g/mol. The van der Waals surface area contributed by atoms with Gasteiger partial charge >= 0.3 is 0 Å². The van der Waals surface area contributed by atoms with Gasteiger partial charge in [-0.25, -0.2) is 4.98 Å². The van der Waals surface area contributed by atoms with Crippen LogP contribution in [0.5, 0.6) is 0 Å². The van der Waals surface area contributed by atoms with E-state index in [-0.39, 0.29) is 11.2 Å². The third kappa shape index (κ3) is 2.48. The van der Waals surface area contributed by atoms with Crippen LogP contribution in [0.15, 0.2) is 58.2 Å². The molecule has 0 unspecified atom stereocenters. The highest BCUT2D eigenvalue weighted by molar-refractivity contribution is 8.00. The number of aromatic nitrogens is 1. The molecule has 0 spiro atoms. The monoisotopic (exact) mass is 310 g/mol. The summed E-state index contributed by atoms with van der Waals surface area (Å²) < 4.78 is 5.71. The SMILES string of the molecule is O=C1Nc2ccccc2CC[C@@H]1Sc1nc2ccccc2o1. The van der Waals surface area contributed by atoms with Crippen molar-refractivity contribution in [3.8, 4) is 0 Å². The van der Waals surface area contributed by atoms with Crippen molar-refractivity contribution in [2.75, 3.05) is 5.32 Å². The van der Waals surface area contributed by atoms with Gasteiger partial charge in [-0.15, -0.1) is 0 Å². The summed E-state index contributed by atoms with van der Waals surface area (Å²) in [6, 6.07) is 15.6. The lowest BCUT2D eigenvalue weighted by Gasteiger charge is -2.09. The Labute approximate surface area is 131 Å². The zero-order valence-electron chi connectivity index (χ0n) is 11.8. The molecule has 1 aliphatic heterocycles. The van der Waals surface area contributed by atoms with E-state index in [4.69, 9.17) is 4.42 Å².